The summed E-state index contributed by atoms with van der Waals surface area (Å²) < 4.78 is 9.81. The molecule has 134 valence electrons. The van der Waals surface area contributed by atoms with Gasteiger partial charge in [0.1, 0.15) is 11.3 Å². The average Bonchev–Trinajstić information content (AvgIpc) is 2.95. The average molecular weight is 348 g/mol. The summed E-state index contributed by atoms with van der Waals surface area (Å²) in [6.45, 7) is 0.286. The number of nitrogens with one attached hydrogen (secondary N) is 1. The lowest BCUT2D eigenvalue weighted by molar-refractivity contribution is -0.138. The SMILES string of the molecule is COC(=O)c1cc(CNC(=O)CCN2C(=O)CCC2=O)ccc1OC. The first-order valence-corrected chi connectivity index (χ1v) is 7.81. The number of rotatable bonds is 7. The Morgan fingerprint density at radius 1 is 1.16 bits per heavy atom. The number of nitrogens with zero attached hydrogens (tertiary/aromatic N) is 1. The smallest absolute Gasteiger partial charge is 0.341 e. The zero-order chi connectivity index (χ0) is 18.4. The lowest BCUT2D eigenvalue weighted by atomic mass is 10.1. The van der Waals surface area contributed by atoms with Crippen LogP contribution in [0.5, 0.6) is 5.75 Å². The van der Waals surface area contributed by atoms with Crippen molar-refractivity contribution in [2.45, 2.75) is 25.8 Å². The second-order valence-corrected chi connectivity index (χ2v) is 5.49. The van der Waals surface area contributed by atoms with Crippen molar-refractivity contribution >= 4 is 23.7 Å². The molecule has 0 unspecified atom stereocenters. The van der Waals surface area contributed by atoms with E-state index >= 15 is 0 Å². The molecule has 1 fully saturated rings. The van der Waals surface area contributed by atoms with Crippen LogP contribution in [0.2, 0.25) is 0 Å². The molecular formula is C17H20N2O6. The maximum Gasteiger partial charge on any atom is 0.341 e. The van der Waals surface area contributed by atoms with Crippen LogP contribution in [0.1, 0.15) is 35.2 Å². The number of imide groups is 1. The summed E-state index contributed by atoms with van der Waals surface area (Å²) >= 11 is 0. The fourth-order valence-corrected chi connectivity index (χ4v) is 2.51. The Balaban J connectivity index is 1.90. The molecule has 1 heterocycles. The van der Waals surface area contributed by atoms with Gasteiger partial charge in [0.05, 0.1) is 14.2 Å². The van der Waals surface area contributed by atoms with Crippen molar-refractivity contribution in [2.75, 3.05) is 20.8 Å². The van der Waals surface area contributed by atoms with E-state index in [1.165, 1.54) is 14.2 Å². The first-order chi connectivity index (χ1) is 12.0. The highest BCUT2D eigenvalue weighted by Crippen LogP contribution is 2.20. The summed E-state index contributed by atoms with van der Waals surface area (Å²) in [5, 5.41) is 2.69. The zero-order valence-corrected chi connectivity index (χ0v) is 14.2. The van der Waals surface area contributed by atoms with Crippen molar-refractivity contribution < 1.29 is 28.7 Å². The highest BCUT2D eigenvalue weighted by molar-refractivity contribution is 6.02. The summed E-state index contributed by atoms with van der Waals surface area (Å²) in [4.78, 5) is 47.7. The minimum Gasteiger partial charge on any atom is -0.496 e. The number of methoxy groups -OCH3 is 2. The second-order valence-electron chi connectivity index (χ2n) is 5.49. The van der Waals surface area contributed by atoms with E-state index in [-0.39, 0.29) is 55.6 Å². The van der Waals surface area contributed by atoms with Crippen LogP contribution in [0.4, 0.5) is 0 Å². The Morgan fingerprint density at radius 3 is 2.44 bits per heavy atom. The predicted molar refractivity (Wildman–Crippen MR) is 86.8 cm³/mol. The molecule has 3 amide bonds. The van der Waals surface area contributed by atoms with Gasteiger partial charge in [0.2, 0.25) is 17.7 Å². The molecule has 0 atom stereocenters. The van der Waals surface area contributed by atoms with E-state index in [2.05, 4.69) is 5.32 Å². The first-order valence-electron chi connectivity index (χ1n) is 7.81. The number of likely N-dealkylation sites (tertiary alicyclic amines) is 1. The van der Waals surface area contributed by atoms with Gasteiger partial charge in [-0.15, -0.1) is 0 Å². The highest BCUT2D eigenvalue weighted by atomic mass is 16.5. The van der Waals surface area contributed by atoms with Crippen LogP contribution >= 0.6 is 0 Å². The third-order valence-electron chi connectivity index (χ3n) is 3.88. The van der Waals surface area contributed by atoms with E-state index in [0.29, 0.717) is 11.3 Å². The van der Waals surface area contributed by atoms with Crippen LogP contribution in [0.15, 0.2) is 18.2 Å². The summed E-state index contributed by atoms with van der Waals surface area (Å²) in [6, 6.07) is 4.92. The van der Waals surface area contributed by atoms with Gasteiger partial charge < -0.3 is 14.8 Å². The third-order valence-corrected chi connectivity index (χ3v) is 3.88. The van der Waals surface area contributed by atoms with Gasteiger partial charge in [-0.05, 0) is 17.7 Å². The molecule has 2 rings (SSSR count). The van der Waals surface area contributed by atoms with Crippen molar-refractivity contribution in [1.29, 1.82) is 0 Å². The van der Waals surface area contributed by atoms with Crippen LogP contribution in [-0.2, 0) is 25.7 Å². The van der Waals surface area contributed by atoms with E-state index < -0.39 is 5.97 Å². The lowest BCUT2D eigenvalue weighted by Gasteiger charge is -2.13. The zero-order valence-electron chi connectivity index (χ0n) is 14.2. The fraction of sp³-hybridized carbons (Fsp3) is 0.412. The van der Waals surface area contributed by atoms with E-state index in [1.54, 1.807) is 18.2 Å². The molecular weight excluding hydrogens is 328 g/mol. The monoisotopic (exact) mass is 348 g/mol. The van der Waals surface area contributed by atoms with Crippen molar-refractivity contribution in [3.05, 3.63) is 29.3 Å². The van der Waals surface area contributed by atoms with E-state index in [1.807, 2.05) is 0 Å². The highest BCUT2D eigenvalue weighted by Gasteiger charge is 2.28. The fourth-order valence-electron chi connectivity index (χ4n) is 2.51. The Kier molecular flexibility index (Phi) is 6.10. The van der Waals surface area contributed by atoms with Gasteiger partial charge in [-0.2, -0.15) is 0 Å². The number of esters is 1. The molecule has 0 aromatic heterocycles. The Morgan fingerprint density at radius 2 is 1.84 bits per heavy atom. The van der Waals surface area contributed by atoms with E-state index in [4.69, 9.17) is 9.47 Å². The van der Waals surface area contributed by atoms with Gasteiger partial charge in [0, 0.05) is 32.4 Å². The normalized spacial score (nSPS) is 13.8. The van der Waals surface area contributed by atoms with Crippen LogP contribution < -0.4 is 10.1 Å². The van der Waals surface area contributed by atoms with Gasteiger partial charge >= 0.3 is 5.97 Å². The maximum absolute atomic E-state index is 11.9. The summed E-state index contributed by atoms with van der Waals surface area (Å²) in [5.74, 6) is -0.918. The van der Waals surface area contributed by atoms with Gasteiger partial charge in [0.25, 0.3) is 0 Å². The molecule has 1 aliphatic heterocycles. The van der Waals surface area contributed by atoms with Crippen molar-refractivity contribution in [3.63, 3.8) is 0 Å². The molecule has 1 aliphatic rings. The van der Waals surface area contributed by atoms with Gasteiger partial charge in [-0.1, -0.05) is 6.07 Å². The van der Waals surface area contributed by atoms with Crippen LogP contribution in [0, 0.1) is 0 Å². The summed E-state index contributed by atoms with van der Waals surface area (Å²) in [6.07, 6.45) is 0.461. The third kappa shape index (κ3) is 4.56. The molecule has 0 saturated carbocycles. The molecule has 0 radical (unpaired) electrons. The molecule has 25 heavy (non-hydrogen) atoms. The predicted octanol–water partition coefficient (Wildman–Crippen LogP) is 0.637. The van der Waals surface area contributed by atoms with E-state index in [0.717, 1.165) is 4.90 Å². The molecule has 1 aromatic rings. The Labute approximate surface area is 145 Å². The molecule has 8 heteroatoms. The number of carbonyl (C=O) groups is 4. The lowest BCUT2D eigenvalue weighted by Crippen LogP contribution is -2.34. The second kappa shape index (κ2) is 8.27. The van der Waals surface area contributed by atoms with Gasteiger partial charge in [0.15, 0.2) is 0 Å². The molecule has 0 aliphatic carbocycles. The molecule has 0 spiro atoms. The number of carbonyl (C=O) groups excluding carboxylic acids is 4. The van der Waals surface area contributed by atoms with Crippen LogP contribution in [0.3, 0.4) is 0 Å². The number of benzene rings is 1. The van der Waals surface area contributed by atoms with Gasteiger partial charge in [-0.3, -0.25) is 19.3 Å². The maximum atomic E-state index is 11.9. The standard InChI is InChI=1S/C17H20N2O6/c1-24-13-4-3-11(9-12(13)17(23)25-2)10-18-14(20)7-8-19-15(21)5-6-16(19)22/h3-4,9H,5-8,10H2,1-2H3,(H,18,20). The topological polar surface area (TPSA) is 102 Å². The number of ether oxygens (including phenoxy) is 2. The van der Waals surface area contributed by atoms with E-state index in [9.17, 15) is 19.2 Å². The molecule has 0 bridgehead atoms. The molecule has 8 nitrogen and oxygen atoms in total. The molecule has 1 N–H and O–H groups in total. The van der Waals surface area contributed by atoms with Gasteiger partial charge in [-0.25, -0.2) is 4.79 Å². The quantitative estimate of drug-likeness (QED) is 0.573. The Hall–Kier alpha value is -2.90. The van der Waals surface area contributed by atoms with Crippen molar-refractivity contribution in [3.8, 4) is 5.75 Å². The summed E-state index contributed by atoms with van der Waals surface area (Å²) in [7, 11) is 2.72. The number of hydrogen-bond acceptors (Lipinski definition) is 6. The largest absolute Gasteiger partial charge is 0.496 e. The number of amides is 3. The minimum absolute atomic E-state index is 0.0392. The number of hydrogen-bond donors (Lipinski definition) is 1. The minimum atomic E-state index is -0.531. The molecule has 1 saturated heterocycles. The first kappa shape index (κ1) is 18.4. The van der Waals surface area contributed by atoms with Crippen molar-refractivity contribution in [2.24, 2.45) is 0 Å². The summed E-state index contributed by atoms with van der Waals surface area (Å²) in [5.41, 5.74) is 0.966. The van der Waals surface area contributed by atoms with Crippen molar-refractivity contribution in [1.82, 2.24) is 10.2 Å². The molecule has 1 aromatic carbocycles. The van der Waals surface area contributed by atoms with Crippen LogP contribution in [0.25, 0.3) is 0 Å². The Bertz CT molecular complexity index is 684. The van der Waals surface area contributed by atoms with Crippen LogP contribution in [-0.4, -0.2) is 49.4 Å².